The smallest absolute Gasteiger partial charge is 0.328 e. The molecule has 1 amide bonds. The maximum atomic E-state index is 12.1. The van der Waals surface area contributed by atoms with Crippen LogP contribution in [0.2, 0.25) is 0 Å². The molecule has 0 radical (unpaired) electrons. The molecule has 1 fully saturated rings. The number of ether oxygens (including phenoxy) is 2. The predicted octanol–water partition coefficient (Wildman–Crippen LogP) is -0.885. The molecule has 9 nitrogen and oxygen atoms in total. The third-order valence-corrected chi connectivity index (χ3v) is 3.63. The largest absolute Gasteiger partial charge is 0.481 e. The number of hydrogen-bond acceptors (Lipinski definition) is 8. The summed E-state index contributed by atoms with van der Waals surface area (Å²) in [7, 11) is 2.80. The summed E-state index contributed by atoms with van der Waals surface area (Å²) in [5, 5.41) is 5.84. The lowest BCUT2D eigenvalue weighted by molar-refractivity contribution is -0.144. The van der Waals surface area contributed by atoms with Crippen molar-refractivity contribution in [3.8, 4) is 5.88 Å². The number of nitrogens with one attached hydrogen (secondary N) is 2. The molecule has 0 saturated carbocycles. The number of esters is 1. The topological polar surface area (TPSA) is 106 Å². The van der Waals surface area contributed by atoms with Crippen molar-refractivity contribution in [3.63, 3.8) is 0 Å². The van der Waals surface area contributed by atoms with Crippen LogP contribution >= 0.6 is 0 Å². The number of rotatable bonds is 6. The van der Waals surface area contributed by atoms with E-state index in [2.05, 4.69) is 25.3 Å². The normalized spacial score (nSPS) is 15.5. The van der Waals surface area contributed by atoms with Crippen molar-refractivity contribution in [1.82, 2.24) is 20.6 Å². The summed E-state index contributed by atoms with van der Waals surface area (Å²) in [5.74, 6) is 0.132. The highest BCUT2D eigenvalue weighted by Crippen LogP contribution is 2.16. The van der Waals surface area contributed by atoms with E-state index >= 15 is 0 Å². The van der Waals surface area contributed by atoms with Crippen molar-refractivity contribution in [2.75, 3.05) is 45.3 Å². The van der Waals surface area contributed by atoms with Gasteiger partial charge in [0.05, 0.1) is 26.3 Å². The number of nitrogens with zero attached hydrogens (tertiary/aromatic N) is 3. The molecule has 2 heterocycles. The van der Waals surface area contributed by atoms with Crippen LogP contribution in [-0.2, 0) is 20.7 Å². The van der Waals surface area contributed by atoms with Crippen LogP contribution in [0.4, 0.5) is 5.95 Å². The van der Waals surface area contributed by atoms with Crippen LogP contribution in [0.3, 0.4) is 0 Å². The summed E-state index contributed by atoms with van der Waals surface area (Å²) in [6, 6.07) is 0.910. The molecule has 1 aromatic heterocycles. The second-order valence-electron chi connectivity index (χ2n) is 5.43. The van der Waals surface area contributed by atoms with Gasteiger partial charge in [0, 0.05) is 32.2 Å². The number of piperazine rings is 1. The second-order valence-corrected chi connectivity index (χ2v) is 5.43. The number of methoxy groups -OCH3 is 2. The fourth-order valence-corrected chi connectivity index (χ4v) is 2.35. The summed E-state index contributed by atoms with van der Waals surface area (Å²) >= 11 is 0. The van der Waals surface area contributed by atoms with E-state index in [-0.39, 0.29) is 12.3 Å². The van der Waals surface area contributed by atoms with Crippen molar-refractivity contribution >= 4 is 17.8 Å². The summed E-state index contributed by atoms with van der Waals surface area (Å²) in [4.78, 5) is 34.3. The van der Waals surface area contributed by atoms with Gasteiger partial charge in [-0.1, -0.05) is 0 Å². The first-order valence-corrected chi connectivity index (χ1v) is 7.78. The van der Waals surface area contributed by atoms with Gasteiger partial charge in [-0.05, 0) is 6.92 Å². The Balaban J connectivity index is 2.08. The zero-order chi connectivity index (χ0) is 17.5. The zero-order valence-electron chi connectivity index (χ0n) is 14.2. The molecule has 0 spiro atoms. The van der Waals surface area contributed by atoms with Crippen LogP contribution in [0.25, 0.3) is 0 Å². The van der Waals surface area contributed by atoms with Gasteiger partial charge in [0.2, 0.25) is 17.7 Å². The monoisotopic (exact) mass is 337 g/mol. The van der Waals surface area contributed by atoms with Crippen molar-refractivity contribution in [2.24, 2.45) is 0 Å². The highest BCUT2D eigenvalue weighted by Gasteiger charge is 2.19. The van der Waals surface area contributed by atoms with E-state index in [9.17, 15) is 9.59 Å². The Morgan fingerprint density at radius 3 is 2.67 bits per heavy atom. The van der Waals surface area contributed by atoms with Crippen LogP contribution in [0.5, 0.6) is 5.88 Å². The Bertz CT molecular complexity index is 589. The molecule has 1 aliphatic heterocycles. The van der Waals surface area contributed by atoms with Crippen molar-refractivity contribution in [1.29, 1.82) is 0 Å². The number of carbonyl (C=O) groups is 2. The number of carbonyl (C=O) groups excluding carboxylic acids is 2. The highest BCUT2D eigenvalue weighted by atomic mass is 16.5. The maximum Gasteiger partial charge on any atom is 0.328 e. The molecule has 2 N–H and O–H groups in total. The molecule has 0 bridgehead atoms. The molecule has 1 aromatic rings. The van der Waals surface area contributed by atoms with Gasteiger partial charge in [0.25, 0.3) is 0 Å². The van der Waals surface area contributed by atoms with Gasteiger partial charge >= 0.3 is 5.97 Å². The number of hydrogen-bond donors (Lipinski definition) is 2. The summed E-state index contributed by atoms with van der Waals surface area (Å²) in [6.07, 6.45) is 0.0271. The first-order valence-electron chi connectivity index (χ1n) is 7.78. The van der Waals surface area contributed by atoms with E-state index < -0.39 is 12.0 Å². The van der Waals surface area contributed by atoms with E-state index in [1.165, 1.54) is 14.2 Å². The van der Waals surface area contributed by atoms with E-state index in [4.69, 9.17) is 4.74 Å². The van der Waals surface area contributed by atoms with Crippen LogP contribution in [0.15, 0.2) is 6.07 Å². The highest BCUT2D eigenvalue weighted by molar-refractivity contribution is 5.85. The lowest BCUT2D eigenvalue weighted by atomic mass is 10.2. The zero-order valence-corrected chi connectivity index (χ0v) is 14.2. The minimum absolute atomic E-state index is 0.0271. The van der Waals surface area contributed by atoms with Gasteiger partial charge in [-0.2, -0.15) is 4.98 Å². The number of aromatic nitrogens is 2. The molecular weight excluding hydrogens is 314 g/mol. The SMILES string of the molecule is COC(=O)[C@@H](C)NC(=O)Cc1cc(OC)nc(N2CCNCC2)n1. The minimum atomic E-state index is -0.709. The fourth-order valence-electron chi connectivity index (χ4n) is 2.35. The van der Waals surface area contributed by atoms with Gasteiger partial charge in [0.15, 0.2) is 0 Å². The minimum Gasteiger partial charge on any atom is -0.481 e. The van der Waals surface area contributed by atoms with E-state index in [0.29, 0.717) is 17.5 Å². The molecule has 0 aliphatic carbocycles. The molecule has 1 saturated heterocycles. The van der Waals surface area contributed by atoms with Crippen LogP contribution < -0.4 is 20.3 Å². The average molecular weight is 337 g/mol. The molecule has 132 valence electrons. The molecule has 0 unspecified atom stereocenters. The summed E-state index contributed by atoms with van der Waals surface area (Å²) in [5.41, 5.74) is 0.532. The molecule has 2 rings (SSSR count). The Hall–Kier alpha value is -2.42. The standard InChI is InChI=1S/C15H23N5O4/c1-10(14(22)24-3)17-12(21)8-11-9-13(23-2)19-15(18-11)20-6-4-16-5-7-20/h9-10,16H,4-8H2,1-3H3,(H,17,21)/t10-/m1/s1. The molecule has 24 heavy (non-hydrogen) atoms. The van der Waals surface area contributed by atoms with E-state index in [1.807, 2.05) is 4.90 Å². The van der Waals surface area contributed by atoms with Gasteiger partial charge < -0.3 is 25.0 Å². The predicted molar refractivity (Wildman–Crippen MR) is 87.0 cm³/mol. The first-order chi connectivity index (χ1) is 11.5. The Kier molecular flexibility index (Phi) is 6.30. The van der Waals surface area contributed by atoms with Crippen LogP contribution in [0.1, 0.15) is 12.6 Å². The lowest BCUT2D eigenvalue weighted by Crippen LogP contribution is -2.44. The van der Waals surface area contributed by atoms with E-state index in [1.54, 1.807) is 13.0 Å². The Morgan fingerprint density at radius 2 is 2.04 bits per heavy atom. The van der Waals surface area contributed by atoms with Crippen molar-refractivity contribution in [2.45, 2.75) is 19.4 Å². The van der Waals surface area contributed by atoms with Crippen molar-refractivity contribution < 1.29 is 19.1 Å². The average Bonchev–Trinajstić information content (AvgIpc) is 2.61. The van der Waals surface area contributed by atoms with Crippen molar-refractivity contribution in [3.05, 3.63) is 11.8 Å². The van der Waals surface area contributed by atoms with Gasteiger partial charge in [0.1, 0.15) is 6.04 Å². The lowest BCUT2D eigenvalue weighted by Gasteiger charge is -2.27. The Labute approximate surface area is 140 Å². The van der Waals surface area contributed by atoms with Crippen LogP contribution in [-0.4, -0.2) is 68.3 Å². The quantitative estimate of drug-likeness (QED) is 0.645. The van der Waals surface area contributed by atoms with Crippen LogP contribution in [0, 0.1) is 0 Å². The molecule has 9 heteroatoms. The molecule has 1 atom stereocenters. The molecular formula is C15H23N5O4. The summed E-state index contributed by atoms with van der Waals surface area (Å²) < 4.78 is 9.79. The number of anilines is 1. The van der Waals surface area contributed by atoms with E-state index in [0.717, 1.165) is 26.2 Å². The second kappa shape index (κ2) is 8.44. The fraction of sp³-hybridized carbons (Fsp3) is 0.600. The summed E-state index contributed by atoms with van der Waals surface area (Å²) in [6.45, 7) is 4.85. The Morgan fingerprint density at radius 1 is 1.33 bits per heavy atom. The molecule has 1 aliphatic rings. The maximum absolute atomic E-state index is 12.1. The van der Waals surface area contributed by atoms with Gasteiger partial charge in [-0.25, -0.2) is 9.78 Å². The molecule has 0 aromatic carbocycles. The third kappa shape index (κ3) is 4.79. The third-order valence-electron chi connectivity index (χ3n) is 3.63. The van der Waals surface area contributed by atoms with Gasteiger partial charge in [-0.15, -0.1) is 0 Å². The first kappa shape index (κ1) is 17.9. The van der Waals surface area contributed by atoms with Gasteiger partial charge in [-0.3, -0.25) is 4.79 Å². The number of amides is 1.